The minimum Gasteiger partial charge on any atom is -0.497 e. The highest BCUT2D eigenvalue weighted by Crippen LogP contribution is 2.23. The lowest BCUT2D eigenvalue weighted by molar-refractivity contribution is 0.414. The maximum Gasteiger partial charge on any atom is 0.119 e. The van der Waals surface area contributed by atoms with Crippen LogP contribution in [0.5, 0.6) is 5.75 Å². The third-order valence-corrected chi connectivity index (χ3v) is 4.81. The number of ether oxygens (including phenoxy) is 1. The minimum absolute atomic E-state index is 0.832. The van der Waals surface area contributed by atoms with Crippen LogP contribution in [0.25, 0.3) is 0 Å². The summed E-state index contributed by atoms with van der Waals surface area (Å²) in [6, 6.07) is 8.26. The zero-order valence-electron chi connectivity index (χ0n) is 11.2. The van der Waals surface area contributed by atoms with E-state index in [0.717, 1.165) is 29.7 Å². The maximum atomic E-state index is 5.25. The van der Waals surface area contributed by atoms with E-state index in [1.54, 1.807) is 7.11 Å². The van der Waals surface area contributed by atoms with Gasteiger partial charge in [0, 0.05) is 22.4 Å². The highest BCUT2D eigenvalue weighted by Gasteiger charge is 2.04. The number of thiophene rings is 1. The molecule has 0 aliphatic carbocycles. The molecule has 4 heteroatoms. The summed E-state index contributed by atoms with van der Waals surface area (Å²) in [6.07, 6.45) is 1.10. The van der Waals surface area contributed by atoms with Crippen molar-refractivity contribution in [3.05, 3.63) is 50.1 Å². The number of rotatable bonds is 6. The van der Waals surface area contributed by atoms with Gasteiger partial charge >= 0.3 is 0 Å². The molecule has 2 nitrogen and oxygen atoms in total. The van der Waals surface area contributed by atoms with Crippen molar-refractivity contribution < 1.29 is 4.74 Å². The SMILES string of the molecule is CCc1ccsc1CNCc1cc(OC)ccc1Br. The van der Waals surface area contributed by atoms with Crippen molar-refractivity contribution in [1.29, 1.82) is 0 Å². The molecule has 0 bridgehead atoms. The molecule has 0 amide bonds. The molecule has 19 heavy (non-hydrogen) atoms. The topological polar surface area (TPSA) is 21.3 Å². The Morgan fingerprint density at radius 3 is 2.79 bits per heavy atom. The summed E-state index contributed by atoms with van der Waals surface area (Å²) in [5.74, 6) is 0.894. The largest absolute Gasteiger partial charge is 0.497 e. The summed E-state index contributed by atoms with van der Waals surface area (Å²) in [7, 11) is 1.69. The first-order valence-electron chi connectivity index (χ1n) is 6.33. The molecule has 1 aromatic carbocycles. The van der Waals surface area contributed by atoms with Crippen molar-refractivity contribution in [2.75, 3.05) is 7.11 Å². The van der Waals surface area contributed by atoms with Gasteiger partial charge in [0.2, 0.25) is 0 Å². The molecule has 1 N–H and O–H groups in total. The summed E-state index contributed by atoms with van der Waals surface area (Å²) in [6.45, 7) is 3.95. The lowest BCUT2D eigenvalue weighted by Gasteiger charge is -2.09. The van der Waals surface area contributed by atoms with Crippen LogP contribution in [0.4, 0.5) is 0 Å². The van der Waals surface area contributed by atoms with E-state index in [0.29, 0.717) is 0 Å². The molecule has 1 aromatic heterocycles. The second-order valence-electron chi connectivity index (χ2n) is 4.28. The van der Waals surface area contributed by atoms with Crippen LogP contribution in [-0.4, -0.2) is 7.11 Å². The van der Waals surface area contributed by atoms with Gasteiger partial charge in [0.15, 0.2) is 0 Å². The molecule has 0 unspecified atom stereocenters. The van der Waals surface area contributed by atoms with Crippen LogP contribution >= 0.6 is 27.3 Å². The smallest absolute Gasteiger partial charge is 0.119 e. The molecule has 0 fully saturated rings. The number of benzene rings is 1. The van der Waals surface area contributed by atoms with E-state index < -0.39 is 0 Å². The number of hydrogen-bond donors (Lipinski definition) is 1. The summed E-state index contributed by atoms with van der Waals surface area (Å²) in [4.78, 5) is 1.43. The third kappa shape index (κ3) is 3.81. The zero-order chi connectivity index (χ0) is 13.7. The van der Waals surface area contributed by atoms with Gasteiger partial charge in [-0.25, -0.2) is 0 Å². The van der Waals surface area contributed by atoms with Crippen molar-refractivity contribution in [3.63, 3.8) is 0 Å². The van der Waals surface area contributed by atoms with E-state index in [4.69, 9.17) is 4.74 Å². The molecule has 0 atom stereocenters. The first-order chi connectivity index (χ1) is 9.24. The lowest BCUT2D eigenvalue weighted by Crippen LogP contribution is -2.13. The van der Waals surface area contributed by atoms with Crippen molar-refractivity contribution >= 4 is 27.3 Å². The van der Waals surface area contributed by atoms with E-state index >= 15 is 0 Å². The Kier molecular flexibility index (Phi) is 5.43. The zero-order valence-corrected chi connectivity index (χ0v) is 13.6. The predicted octanol–water partition coefficient (Wildman–Crippen LogP) is 4.37. The third-order valence-electron chi connectivity index (χ3n) is 3.07. The Balaban J connectivity index is 1.95. The Hall–Kier alpha value is -0.840. The molecular formula is C15H18BrNOS. The Bertz CT molecular complexity index is 539. The number of methoxy groups -OCH3 is 1. The van der Waals surface area contributed by atoms with Crippen LogP contribution in [0.3, 0.4) is 0 Å². The van der Waals surface area contributed by atoms with Gasteiger partial charge in [-0.15, -0.1) is 11.3 Å². The van der Waals surface area contributed by atoms with E-state index in [1.807, 2.05) is 23.5 Å². The van der Waals surface area contributed by atoms with Crippen LogP contribution in [0.1, 0.15) is 22.9 Å². The van der Waals surface area contributed by atoms with Gasteiger partial charge in [0.05, 0.1) is 7.11 Å². The molecule has 0 saturated carbocycles. The van der Waals surface area contributed by atoms with Crippen LogP contribution < -0.4 is 10.1 Å². The average molecular weight is 340 g/mol. The average Bonchev–Trinajstić information content (AvgIpc) is 2.88. The lowest BCUT2D eigenvalue weighted by atomic mass is 10.2. The number of aryl methyl sites for hydroxylation is 1. The first kappa shape index (κ1) is 14.6. The van der Waals surface area contributed by atoms with Crippen LogP contribution in [0.15, 0.2) is 34.1 Å². The molecule has 0 saturated heterocycles. The summed E-state index contributed by atoms with van der Waals surface area (Å²) in [5.41, 5.74) is 2.66. The molecule has 0 radical (unpaired) electrons. The first-order valence-corrected chi connectivity index (χ1v) is 8.00. The molecule has 2 rings (SSSR count). The summed E-state index contributed by atoms with van der Waals surface area (Å²) < 4.78 is 6.37. The number of hydrogen-bond acceptors (Lipinski definition) is 3. The monoisotopic (exact) mass is 339 g/mol. The fourth-order valence-electron chi connectivity index (χ4n) is 1.96. The van der Waals surface area contributed by atoms with Gasteiger partial charge in [0.25, 0.3) is 0 Å². The fraction of sp³-hybridized carbons (Fsp3) is 0.333. The normalized spacial score (nSPS) is 10.7. The molecule has 0 aliphatic rings. The van der Waals surface area contributed by atoms with E-state index in [1.165, 1.54) is 16.0 Å². The van der Waals surface area contributed by atoms with Crippen molar-refractivity contribution in [1.82, 2.24) is 5.32 Å². The number of nitrogens with one attached hydrogen (secondary N) is 1. The van der Waals surface area contributed by atoms with Crippen LogP contribution in [0, 0.1) is 0 Å². The summed E-state index contributed by atoms with van der Waals surface area (Å²) >= 11 is 5.40. The van der Waals surface area contributed by atoms with Gasteiger partial charge in [-0.1, -0.05) is 22.9 Å². The molecule has 0 spiro atoms. The van der Waals surface area contributed by atoms with Crippen LogP contribution in [0.2, 0.25) is 0 Å². The molecular weight excluding hydrogens is 322 g/mol. The predicted molar refractivity (Wildman–Crippen MR) is 84.9 cm³/mol. The van der Waals surface area contributed by atoms with Gasteiger partial charge in [-0.05, 0) is 47.2 Å². The highest BCUT2D eigenvalue weighted by molar-refractivity contribution is 9.10. The Morgan fingerprint density at radius 2 is 2.05 bits per heavy atom. The standard InChI is InChI=1S/C15H18BrNOS/c1-3-11-6-7-19-15(11)10-17-9-12-8-13(18-2)4-5-14(12)16/h4-8,17H,3,9-10H2,1-2H3. The number of halogens is 1. The minimum atomic E-state index is 0.832. The highest BCUT2D eigenvalue weighted by atomic mass is 79.9. The second-order valence-corrected chi connectivity index (χ2v) is 6.14. The quantitative estimate of drug-likeness (QED) is 0.843. The van der Waals surface area contributed by atoms with E-state index in [2.05, 4.69) is 45.7 Å². The van der Waals surface area contributed by atoms with Gasteiger partial charge in [0.1, 0.15) is 5.75 Å². The fourth-order valence-corrected chi connectivity index (χ4v) is 3.29. The molecule has 2 aromatic rings. The van der Waals surface area contributed by atoms with Crippen molar-refractivity contribution in [2.45, 2.75) is 26.4 Å². The van der Waals surface area contributed by atoms with Gasteiger partial charge in [-0.2, -0.15) is 0 Å². The maximum absolute atomic E-state index is 5.25. The van der Waals surface area contributed by atoms with Gasteiger partial charge in [-0.3, -0.25) is 0 Å². The Morgan fingerprint density at radius 1 is 1.21 bits per heavy atom. The molecule has 102 valence electrons. The molecule has 0 aliphatic heterocycles. The van der Waals surface area contributed by atoms with Gasteiger partial charge < -0.3 is 10.1 Å². The molecule has 1 heterocycles. The second kappa shape index (κ2) is 7.08. The Labute approximate surface area is 126 Å². The van der Waals surface area contributed by atoms with Crippen LogP contribution in [-0.2, 0) is 19.5 Å². The van der Waals surface area contributed by atoms with E-state index in [-0.39, 0.29) is 0 Å². The van der Waals surface area contributed by atoms with Crippen molar-refractivity contribution in [2.24, 2.45) is 0 Å². The van der Waals surface area contributed by atoms with E-state index in [9.17, 15) is 0 Å². The van der Waals surface area contributed by atoms with Crippen molar-refractivity contribution in [3.8, 4) is 5.75 Å². The summed E-state index contributed by atoms with van der Waals surface area (Å²) in [5, 5.41) is 5.66.